The minimum atomic E-state index is 0.547. The lowest BCUT2D eigenvalue weighted by molar-refractivity contribution is 1.04. The second-order valence-corrected chi connectivity index (χ2v) is 5.92. The number of hydrogen-bond acceptors (Lipinski definition) is 2. The van der Waals surface area contributed by atoms with Crippen LogP contribution in [0.25, 0.3) is 28.3 Å². The molecule has 0 saturated carbocycles. The Morgan fingerprint density at radius 2 is 1.32 bits per heavy atom. The molecule has 1 heterocycles. The summed E-state index contributed by atoms with van der Waals surface area (Å²) in [5.41, 5.74) is 11.1. The molecule has 0 saturated heterocycles. The average Bonchev–Trinajstić information content (AvgIpc) is 3.15. The number of nitrogens with two attached hydrogens (primary N) is 1. The fourth-order valence-corrected chi connectivity index (χ4v) is 2.91. The Kier molecular flexibility index (Phi) is 4.15. The second kappa shape index (κ2) is 6.75. The van der Waals surface area contributed by atoms with Crippen molar-refractivity contribution in [3.05, 3.63) is 96.7 Å². The summed E-state index contributed by atoms with van der Waals surface area (Å²) in [6, 6.07) is 28.8. The molecular formula is C22H19N3. The Hall–Kier alpha value is -3.17. The maximum absolute atomic E-state index is 5.72. The van der Waals surface area contributed by atoms with Crippen molar-refractivity contribution in [3.63, 3.8) is 0 Å². The van der Waals surface area contributed by atoms with Crippen LogP contribution in [0.5, 0.6) is 0 Å². The second-order valence-electron chi connectivity index (χ2n) is 5.92. The van der Waals surface area contributed by atoms with Crippen molar-refractivity contribution >= 4 is 0 Å². The molecule has 3 aromatic carbocycles. The first kappa shape index (κ1) is 15.4. The molecule has 3 nitrogen and oxygen atoms in total. The van der Waals surface area contributed by atoms with E-state index < -0.39 is 0 Å². The van der Waals surface area contributed by atoms with Crippen LogP contribution in [0.3, 0.4) is 0 Å². The largest absolute Gasteiger partial charge is 0.326 e. The molecule has 0 atom stereocenters. The summed E-state index contributed by atoms with van der Waals surface area (Å²) >= 11 is 0. The van der Waals surface area contributed by atoms with Crippen LogP contribution in [0, 0.1) is 0 Å². The summed E-state index contributed by atoms with van der Waals surface area (Å²) in [4.78, 5) is 4.91. The molecule has 0 bridgehead atoms. The van der Waals surface area contributed by atoms with Gasteiger partial charge in [0.25, 0.3) is 0 Å². The van der Waals surface area contributed by atoms with E-state index in [1.54, 1.807) is 0 Å². The number of nitrogens with zero attached hydrogens (tertiary/aromatic N) is 2. The predicted octanol–water partition coefficient (Wildman–Crippen LogP) is 4.67. The van der Waals surface area contributed by atoms with Crippen LogP contribution in [0.4, 0.5) is 0 Å². The smallest absolute Gasteiger partial charge is 0.145 e. The molecule has 3 heteroatoms. The van der Waals surface area contributed by atoms with Crippen LogP contribution in [-0.2, 0) is 6.54 Å². The molecular weight excluding hydrogens is 306 g/mol. The van der Waals surface area contributed by atoms with E-state index in [0.717, 1.165) is 33.9 Å². The summed E-state index contributed by atoms with van der Waals surface area (Å²) in [6.07, 6.45) is 2.09. The Bertz CT molecular complexity index is 955. The standard InChI is InChI=1S/C22H19N3/c23-15-17-11-13-20(14-12-17)25-16-21(18-7-3-1-4-8-18)24-22(25)19-9-5-2-6-10-19/h1-14,16H,15,23H2. The van der Waals surface area contributed by atoms with E-state index in [4.69, 9.17) is 10.7 Å². The van der Waals surface area contributed by atoms with Gasteiger partial charge in [0.2, 0.25) is 0 Å². The van der Waals surface area contributed by atoms with E-state index in [2.05, 4.69) is 59.3 Å². The van der Waals surface area contributed by atoms with E-state index in [0.29, 0.717) is 6.54 Å². The molecule has 0 spiro atoms. The van der Waals surface area contributed by atoms with Crippen molar-refractivity contribution in [1.82, 2.24) is 9.55 Å². The van der Waals surface area contributed by atoms with Gasteiger partial charge in [-0.05, 0) is 17.7 Å². The highest BCUT2D eigenvalue weighted by molar-refractivity contribution is 5.67. The molecule has 2 N–H and O–H groups in total. The van der Waals surface area contributed by atoms with Gasteiger partial charge in [0.05, 0.1) is 5.69 Å². The molecule has 0 radical (unpaired) electrons. The molecule has 4 aromatic rings. The maximum Gasteiger partial charge on any atom is 0.145 e. The Labute approximate surface area is 147 Å². The zero-order chi connectivity index (χ0) is 17.1. The van der Waals surface area contributed by atoms with Crippen LogP contribution >= 0.6 is 0 Å². The van der Waals surface area contributed by atoms with Gasteiger partial charge in [-0.3, -0.25) is 4.57 Å². The fourth-order valence-electron chi connectivity index (χ4n) is 2.91. The van der Waals surface area contributed by atoms with E-state index >= 15 is 0 Å². The third kappa shape index (κ3) is 3.10. The monoisotopic (exact) mass is 325 g/mol. The molecule has 0 aliphatic heterocycles. The molecule has 4 rings (SSSR count). The normalized spacial score (nSPS) is 10.8. The van der Waals surface area contributed by atoms with Crippen LogP contribution in [0.1, 0.15) is 5.56 Å². The van der Waals surface area contributed by atoms with Crippen molar-refractivity contribution in [2.75, 3.05) is 0 Å². The summed E-state index contributed by atoms with van der Waals surface area (Å²) in [5, 5.41) is 0. The highest BCUT2D eigenvalue weighted by Gasteiger charge is 2.12. The molecule has 0 aliphatic rings. The molecule has 0 aliphatic carbocycles. The lowest BCUT2D eigenvalue weighted by Crippen LogP contribution is -1.99. The lowest BCUT2D eigenvalue weighted by atomic mass is 10.2. The van der Waals surface area contributed by atoms with Crippen LogP contribution in [-0.4, -0.2) is 9.55 Å². The first-order valence-electron chi connectivity index (χ1n) is 8.35. The highest BCUT2D eigenvalue weighted by atomic mass is 15.1. The molecule has 0 fully saturated rings. The van der Waals surface area contributed by atoms with Crippen LogP contribution in [0.2, 0.25) is 0 Å². The van der Waals surface area contributed by atoms with Gasteiger partial charge in [0.15, 0.2) is 0 Å². The Morgan fingerprint density at radius 1 is 0.720 bits per heavy atom. The minimum Gasteiger partial charge on any atom is -0.326 e. The first-order chi connectivity index (χ1) is 12.3. The van der Waals surface area contributed by atoms with Gasteiger partial charge in [-0.1, -0.05) is 72.8 Å². The molecule has 0 amide bonds. The zero-order valence-corrected chi connectivity index (χ0v) is 13.8. The molecule has 25 heavy (non-hydrogen) atoms. The van der Waals surface area contributed by atoms with Gasteiger partial charge in [0.1, 0.15) is 5.82 Å². The van der Waals surface area contributed by atoms with Crippen molar-refractivity contribution in [2.45, 2.75) is 6.54 Å². The Balaban J connectivity index is 1.87. The SMILES string of the molecule is NCc1ccc(-n2cc(-c3ccccc3)nc2-c2ccccc2)cc1. The van der Waals surface area contributed by atoms with Crippen molar-refractivity contribution in [1.29, 1.82) is 0 Å². The third-order valence-corrected chi connectivity index (χ3v) is 4.26. The fraction of sp³-hybridized carbons (Fsp3) is 0.0455. The number of benzene rings is 3. The summed E-state index contributed by atoms with van der Waals surface area (Å²) in [7, 11) is 0. The van der Waals surface area contributed by atoms with Gasteiger partial charge >= 0.3 is 0 Å². The average molecular weight is 325 g/mol. The van der Waals surface area contributed by atoms with Crippen molar-refractivity contribution in [3.8, 4) is 28.3 Å². The highest BCUT2D eigenvalue weighted by Crippen LogP contribution is 2.27. The van der Waals surface area contributed by atoms with Gasteiger partial charge in [-0.2, -0.15) is 0 Å². The van der Waals surface area contributed by atoms with E-state index in [-0.39, 0.29) is 0 Å². The summed E-state index contributed by atoms with van der Waals surface area (Å²) < 4.78 is 2.14. The summed E-state index contributed by atoms with van der Waals surface area (Å²) in [6.45, 7) is 0.547. The third-order valence-electron chi connectivity index (χ3n) is 4.26. The van der Waals surface area contributed by atoms with Crippen molar-refractivity contribution in [2.24, 2.45) is 5.73 Å². The number of aromatic nitrogens is 2. The number of hydrogen-bond donors (Lipinski definition) is 1. The Morgan fingerprint density at radius 3 is 1.92 bits per heavy atom. The van der Waals surface area contributed by atoms with Crippen LogP contribution in [0.15, 0.2) is 91.1 Å². The van der Waals surface area contributed by atoms with Crippen LogP contribution < -0.4 is 5.73 Å². The summed E-state index contributed by atoms with van der Waals surface area (Å²) in [5.74, 6) is 0.931. The van der Waals surface area contributed by atoms with E-state index in [1.165, 1.54) is 0 Å². The number of imidazole rings is 1. The molecule has 122 valence electrons. The molecule has 0 unspecified atom stereocenters. The maximum atomic E-state index is 5.72. The van der Waals surface area contributed by atoms with E-state index in [9.17, 15) is 0 Å². The predicted molar refractivity (Wildman–Crippen MR) is 102 cm³/mol. The topological polar surface area (TPSA) is 43.8 Å². The van der Waals surface area contributed by atoms with Gasteiger partial charge in [0, 0.05) is 29.6 Å². The zero-order valence-electron chi connectivity index (χ0n) is 13.8. The first-order valence-corrected chi connectivity index (χ1v) is 8.35. The van der Waals surface area contributed by atoms with E-state index in [1.807, 2.05) is 36.4 Å². The number of rotatable bonds is 4. The lowest BCUT2D eigenvalue weighted by Gasteiger charge is -2.08. The van der Waals surface area contributed by atoms with Gasteiger partial charge in [-0.15, -0.1) is 0 Å². The van der Waals surface area contributed by atoms with Gasteiger partial charge in [-0.25, -0.2) is 4.98 Å². The molecule has 1 aromatic heterocycles. The van der Waals surface area contributed by atoms with Gasteiger partial charge < -0.3 is 5.73 Å². The minimum absolute atomic E-state index is 0.547. The van der Waals surface area contributed by atoms with Crippen molar-refractivity contribution < 1.29 is 0 Å². The quantitative estimate of drug-likeness (QED) is 0.593.